The Morgan fingerprint density at radius 2 is 2.39 bits per heavy atom. The Kier molecular flexibility index (Phi) is 4.95. The van der Waals surface area contributed by atoms with E-state index in [1.54, 1.807) is 18.5 Å². The molecule has 98 valence electrons. The van der Waals surface area contributed by atoms with Crippen molar-refractivity contribution < 1.29 is 9.53 Å². The number of carbonyl (C=O) groups excluding carboxylic acids is 1. The zero-order valence-corrected chi connectivity index (χ0v) is 11.2. The second kappa shape index (κ2) is 6.70. The lowest BCUT2D eigenvalue weighted by atomic mass is 10.2. The lowest BCUT2D eigenvalue weighted by molar-refractivity contribution is -0.120. The van der Waals surface area contributed by atoms with E-state index in [-0.39, 0.29) is 17.3 Å². The van der Waals surface area contributed by atoms with Gasteiger partial charge in [-0.15, -0.1) is 0 Å². The molecule has 0 radical (unpaired) electrons. The van der Waals surface area contributed by atoms with Gasteiger partial charge < -0.3 is 10.1 Å². The molecule has 1 aliphatic rings. The third-order valence-corrected chi connectivity index (χ3v) is 3.71. The van der Waals surface area contributed by atoms with Crippen LogP contribution in [0.2, 0.25) is 0 Å². The maximum absolute atomic E-state index is 11.9. The molecule has 2 atom stereocenters. The van der Waals surface area contributed by atoms with Crippen LogP contribution in [0.15, 0.2) is 23.6 Å². The van der Waals surface area contributed by atoms with Gasteiger partial charge in [0.15, 0.2) is 5.16 Å². The van der Waals surface area contributed by atoms with Gasteiger partial charge in [-0.25, -0.2) is 9.97 Å². The van der Waals surface area contributed by atoms with E-state index in [1.165, 1.54) is 11.8 Å². The summed E-state index contributed by atoms with van der Waals surface area (Å²) in [4.78, 5) is 20.0. The smallest absolute Gasteiger partial charge is 0.233 e. The van der Waals surface area contributed by atoms with Crippen molar-refractivity contribution in [2.45, 2.75) is 36.3 Å². The number of carbonyl (C=O) groups is 1. The fourth-order valence-corrected chi connectivity index (χ4v) is 2.47. The lowest BCUT2D eigenvalue weighted by Crippen LogP contribution is -2.36. The summed E-state index contributed by atoms with van der Waals surface area (Å²) in [6.07, 6.45) is 5.64. The van der Waals surface area contributed by atoms with Crippen molar-refractivity contribution in [1.29, 1.82) is 0 Å². The maximum Gasteiger partial charge on any atom is 0.233 e. The number of hydrogen-bond donors (Lipinski definition) is 1. The van der Waals surface area contributed by atoms with Crippen molar-refractivity contribution in [3.05, 3.63) is 18.5 Å². The number of amides is 1. The first-order chi connectivity index (χ1) is 8.75. The van der Waals surface area contributed by atoms with Crippen molar-refractivity contribution in [2.75, 3.05) is 13.2 Å². The molecule has 1 aliphatic heterocycles. The third kappa shape index (κ3) is 3.96. The van der Waals surface area contributed by atoms with E-state index in [1.807, 2.05) is 6.92 Å². The molecule has 1 saturated heterocycles. The van der Waals surface area contributed by atoms with Crippen LogP contribution in [0.3, 0.4) is 0 Å². The van der Waals surface area contributed by atoms with E-state index < -0.39 is 0 Å². The average Bonchev–Trinajstić information content (AvgIpc) is 2.90. The summed E-state index contributed by atoms with van der Waals surface area (Å²) in [6, 6.07) is 1.76. The van der Waals surface area contributed by atoms with Crippen LogP contribution in [0.1, 0.15) is 19.8 Å². The van der Waals surface area contributed by atoms with Gasteiger partial charge in [0, 0.05) is 25.5 Å². The standard InChI is InChI=1S/C12H17N3O2S/c1-9(18-12-13-5-3-6-14-12)11(16)15-8-10-4-2-7-17-10/h3,5-6,9-10H,2,4,7-8H2,1H3,(H,15,16)/t9-,10-/m1/s1. The minimum atomic E-state index is -0.200. The largest absolute Gasteiger partial charge is 0.376 e. The fraction of sp³-hybridized carbons (Fsp3) is 0.583. The molecule has 1 fully saturated rings. The van der Waals surface area contributed by atoms with E-state index in [2.05, 4.69) is 15.3 Å². The van der Waals surface area contributed by atoms with Gasteiger partial charge >= 0.3 is 0 Å². The minimum Gasteiger partial charge on any atom is -0.376 e. The summed E-state index contributed by atoms with van der Waals surface area (Å²) in [5.74, 6) is 0.00273. The molecule has 18 heavy (non-hydrogen) atoms. The normalized spacial score (nSPS) is 20.6. The molecule has 1 N–H and O–H groups in total. The Morgan fingerprint density at radius 3 is 3.06 bits per heavy atom. The van der Waals surface area contributed by atoms with E-state index in [0.29, 0.717) is 11.7 Å². The van der Waals surface area contributed by atoms with E-state index >= 15 is 0 Å². The molecule has 6 heteroatoms. The summed E-state index contributed by atoms with van der Waals surface area (Å²) in [5, 5.41) is 3.33. The van der Waals surface area contributed by atoms with Crippen LogP contribution in [-0.4, -0.2) is 40.4 Å². The van der Waals surface area contributed by atoms with Gasteiger partial charge in [0.2, 0.25) is 5.91 Å². The van der Waals surface area contributed by atoms with Gasteiger partial charge in [-0.05, 0) is 25.8 Å². The zero-order chi connectivity index (χ0) is 12.8. The van der Waals surface area contributed by atoms with Crippen LogP contribution in [0.25, 0.3) is 0 Å². The van der Waals surface area contributed by atoms with E-state index in [9.17, 15) is 4.79 Å². The van der Waals surface area contributed by atoms with Gasteiger partial charge in [-0.2, -0.15) is 0 Å². The average molecular weight is 267 g/mol. The topological polar surface area (TPSA) is 64.1 Å². The molecule has 0 unspecified atom stereocenters. The second-order valence-electron chi connectivity index (χ2n) is 4.17. The second-order valence-corrected chi connectivity index (χ2v) is 5.48. The number of nitrogens with zero attached hydrogens (tertiary/aromatic N) is 2. The number of hydrogen-bond acceptors (Lipinski definition) is 5. The van der Waals surface area contributed by atoms with Gasteiger partial charge in [0.25, 0.3) is 0 Å². The molecule has 0 spiro atoms. The van der Waals surface area contributed by atoms with E-state index in [4.69, 9.17) is 4.74 Å². The Bertz CT molecular complexity index is 382. The summed E-state index contributed by atoms with van der Waals surface area (Å²) in [6.45, 7) is 3.26. The monoisotopic (exact) mass is 267 g/mol. The van der Waals surface area contributed by atoms with Gasteiger partial charge in [0.1, 0.15) is 0 Å². The summed E-state index contributed by atoms with van der Waals surface area (Å²) >= 11 is 1.36. The first-order valence-electron chi connectivity index (χ1n) is 6.08. The minimum absolute atomic E-state index is 0.00273. The Hall–Kier alpha value is -1.14. The van der Waals surface area contributed by atoms with Crippen LogP contribution in [-0.2, 0) is 9.53 Å². The highest BCUT2D eigenvalue weighted by molar-refractivity contribution is 8.00. The molecule has 0 aromatic carbocycles. The van der Waals surface area contributed by atoms with Crippen molar-refractivity contribution in [2.24, 2.45) is 0 Å². The molecule has 2 rings (SSSR count). The van der Waals surface area contributed by atoms with Crippen molar-refractivity contribution >= 4 is 17.7 Å². The quantitative estimate of drug-likeness (QED) is 0.642. The molecular weight excluding hydrogens is 250 g/mol. The van der Waals surface area contributed by atoms with Gasteiger partial charge in [0.05, 0.1) is 11.4 Å². The zero-order valence-electron chi connectivity index (χ0n) is 10.3. The number of nitrogens with one attached hydrogen (secondary N) is 1. The van der Waals surface area contributed by atoms with Crippen LogP contribution < -0.4 is 5.32 Å². The van der Waals surface area contributed by atoms with Crippen LogP contribution in [0.4, 0.5) is 0 Å². The Morgan fingerprint density at radius 1 is 1.61 bits per heavy atom. The number of ether oxygens (including phenoxy) is 1. The maximum atomic E-state index is 11.9. The fourth-order valence-electron chi connectivity index (χ4n) is 1.72. The lowest BCUT2D eigenvalue weighted by Gasteiger charge is -2.13. The molecule has 2 heterocycles. The Balaban J connectivity index is 1.74. The van der Waals surface area contributed by atoms with Crippen LogP contribution >= 0.6 is 11.8 Å². The number of thioether (sulfide) groups is 1. The SMILES string of the molecule is C[C@@H](Sc1ncccn1)C(=O)NC[C@H]1CCCO1. The summed E-state index contributed by atoms with van der Waals surface area (Å²) < 4.78 is 5.46. The van der Waals surface area contributed by atoms with Gasteiger partial charge in [-0.3, -0.25) is 4.79 Å². The Labute approximate surface area is 111 Å². The molecule has 0 bridgehead atoms. The van der Waals surface area contributed by atoms with Crippen molar-refractivity contribution in [3.8, 4) is 0 Å². The predicted octanol–water partition coefficient (Wildman–Crippen LogP) is 1.25. The highest BCUT2D eigenvalue weighted by atomic mass is 32.2. The molecule has 1 amide bonds. The molecule has 0 saturated carbocycles. The van der Waals surface area contributed by atoms with Crippen LogP contribution in [0.5, 0.6) is 0 Å². The molecular formula is C12H17N3O2S. The first-order valence-corrected chi connectivity index (χ1v) is 6.96. The highest BCUT2D eigenvalue weighted by Gasteiger charge is 2.19. The molecule has 5 nitrogen and oxygen atoms in total. The van der Waals surface area contributed by atoms with Crippen molar-refractivity contribution in [1.82, 2.24) is 15.3 Å². The molecule has 1 aromatic heterocycles. The summed E-state index contributed by atoms with van der Waals surface area (Å²) in [5.41, 5.74) is 0. The van der Waals surface area contributed by atoms with Crippen molar-refractivity contribution in [3.63, 3.8) is 0 Å². The molecule has 0 aliphatic carbocycles. The predicted molar refractivity (Wildman–Crippen MR) is 69.3 cm³/mol. The van der Waals surface area contributed by atoms with E-state index in [0.717, 1.165) is 19.4 Å². The van der Waals surface area contributed by atoms with Gasteiger partial charge in [-0.1, -0.05) is 11.8 Å². The summed E-state index contributed by atoms with van der Waals surface area (Å²) in [7, 11) is 0. The number of rotatable bonds is 5. The third-order valence-electron chi connectivity index (χ3n) is 2.72. The molecule has 1 aromatic rings. The highest BCUT2D eigenvalue weighted by Crippen LogP contribution is 2.18. The van der Waals surface area contributed by atoms with Crippen LogP contribution in [0, 0.1) is 0 Å². The first kappa shape index (κ1) is 13.3. The number of aromatic nitrogens is 2.